The number of hydrogen-bond acceptors (Lipinski definition) is 7. The fourth-order valence-electron chi connectivity index (χ4n) is 8.45. The molecule has 202 valence electrons. The largest absolute Gasteiger partial charge is 0.396 e. The first-order valence-electron chi connectivity index (χ1n) is 14.5. The predicted octanol–water partition coefficient (Wildman–Crippen LogP) is 5.49. The Morgan fingerprint density at radius 3 is 2.38 bits per heavy atom. The van der Waals surface area contributed by atoms with Gasteiger partial charge in [0.25, 0.3) is 0 Å². The molecule has 5 fully saturated rings. The SMILES string of the molecule is CC1(C)O[C@H]2[C@H](n3cnc4c(NC(C5CCCCC5)C5CCCCC5)nc(Cl)nc43)[C@H]3C[C@@]3(CO)[C@H]2O1. The van der Waals surface area contributed by atoms with E-state index in [0.717, 1.165) is 23.4 Å². The number of imidazole rings is 1. The number of ether oxygens (including phenoxy) is 2. The lowest BCUT2D eigenvalue weighted by Crippen LogP contribution is -2.39. The highest BCUT2D eigenvalue weighted by Crippen LogP contribution is 2.71. The molecule has 8 nitrogen and oxygen atoms in total. The number of anilines is 1. The first-order valence-corrected chi connectivity index (χ1v) is 14.9. The van der Waals surface area contributed by atoms with Crippen LogP contribution in [0.15, 0.2) is 6.33 Å². The van der Waals surface area contributed by atoms with Crippen molar-refractivity contribution in [2.45, 2.75) is 115 Å². The van der Waals surface area contributed by atoms with Crippen molar-refractivity contribution in [2.75, 3.05) is 11.9 Å². The maximum absolute atomic E-state index is 10.3. The molecule has 0 bridgehead atoms. The number of fused-ring (bicyclic) bond motifs is 4. The third kappa shape index (κ3) is 4.00. The molecule has 7 rings (SSSR count). The number of aliphatic hydroxyl groups is 1. The molecule has 2 N–H and O–H groups in total. The average Bonchev–Trinajstić information content (AvgIpc) is 3.19. The molecule has 0 radical (unpaired) electrons. The van der Waals surface area contributed by atoms with Crippen LogP contribution < -0.4 is 5.32 Å². The second-order valence-corrected chi connectivity index (χ2v) is 13.2. The van der Waals surface area contributed by atoms with E-state index in [1.807, 2.05) is 20.2 Å². The Balaban J connectivity index is 1.24. The van der Waals surface area contributed by atoms with Crippen LogP contribution >= 0.6 is 11.6 Å². The van der Waals surface area contributed by atoms with Gasteiger partial charge < -0.3 is 24.5 Å². The summed E-state index contributed by atoms with van der Waals surface area (Å²) in [6.45, 7) is 4.01. The van der Waals surface area contributed by atoms with Crippen LogP contribution in [-0.4, -0.2) is 55.3 Å². The minimum absolute atomic E-state index is 0.00442. The lowest BCUT2D eigenvalue weighted by atomic mass is 9.74. The van der Waals surface area contributed by atoms with Crippen molar-refractivity contribution in [1.29, 1.82) is 0 Å². The van der Waals surface area contributed by atoms with Gasteiger partial charge in [-0.25, -0.2) is 4.98 Å². The monoisotopic (exact) mass is 529 g/mol. The van der Waals surface area contributed by atoms with Crippen LogP contribution in [0.1, 0.15) is 90.5 Å². The van der Waals surface area contributed by atoms with Crippen LogP contribution in [0, 0.1) is 23.2 Å². The summed E-state index contributed by atoms with van der Waals surface area (Å²) >= 11 is 6.57. The van der Waals surface area contributed by atoms with Gasteiger partial charge in [-0.05, 0) is 75.3 Å². The number of aromatic nitrogens is 4. The standard InChI is InChI=1S/C28H40ClN5O3/c1-27(2)36-22-21(18-13-28(18,14-35)23(22)37-27)34-15-30-20-24(32-26(29)33-25(20)34)31-19(16-9-5-3-6-10-16)17-11-7-4-8-12-17/h15-19,21-23,35H,3-14H2,1-2H3,(H,31,32,33)/t18-,21-,22+,23+,28+/m1/s1. The molecule has 1 aliphatic heterocycles. The van der Waals surface area contributed by atoms with Gasteiger partial charge in [0, 0.05) is 11.5 Å². The van der Waals surface area contributed by atoms with E-state index in [0.29, 0.717) is 17.9 Å². The molecule has 0 amide bonds. The van der Waals surface area contributed by atoms with Gasteiger partial charge >= 0.3 is 0 Å². The summed E-state index contributed by atoms with van der Waals surface area (Å²) < 4.78 is 14.8. The van der Waals surface area contributed by atoms with E-state index in [4.69, 9.17) is 31.0 Å². The van der Waals surface area contributed by atoms with Crippen LogP contribution in [0.5, 0.6) is 0 Å². The summed E-state index contributed by atoms with van der Waals surface area (Å²) in [5, 5.41) is 14.5. The Labute approximate surface area is 223 Å². The molecule has 9 heteroatoms. The molecule has 1 saturated heterocycles. The number of nitrogens with one attached hydrogen (secondary N) is 1. The maximum Gasteiger partial charge on any atom is 0.226 e. The first-order chi connectivity index (χ1) is 17.9. The molecular formula is C28H40ClN5O3. The average molecular weight is 530 g/mol. The molecule has 2 aromatic rings. The molecule has 0 aromatic carbocycles. The van der Waals surface area contributed by atoms with E-state index >= 15 is 0 Å². The number of hydrogen-bond donors (Lipinski definition) is 2. The third-order valence-corrected chi connectivity index (χ3v) is 10.4. The van der Waals surface area contributed by atoms with E-state index in [2.05, 4.69) is 14.9 Å². The zero-order valence-corrected chi connectivity index (χ0v) is 22.8. The van der Waals surface area contributed by atoms with Gasteiger partial charge in [-0.15, -0.1) is 0 Å². The third-order valence-electron chi connectivity index (χ3n) is 10.3. The Morgan fingerprint density at radius 2 is 1.73 bits per heavy atom. The van der Waals surface area contributed by atoms with Crippen molar-refractivity contribution >= 4 is 28.6 Å². The number of aliphatic hydroxyl groups excluding tert-OH is 1. The minimum atomic E-state index is -0.674. The van der Waals surface area contributed by atoms with E-state index < -0.39 is 5.79 Å². The molecular weight excluding hydrogens is 490 g/mol. The predicted molar refractivity (Wildman–Crippen MR) is 141 cm³/mol. The van der Waals surface area contributed by atoms with Crippen LogP contribution in [0.25, 0.3) is 11.2 Å². The molecule has 4 aliphatic carbocycles. The van der Waals surface area contributed by atoms with Crippen LogP contribution in [-0.2, 0) is 9.47 Å². The second kappa shape index (κ2) is 9.04. The summed E-state index contributed by atoms with van der Waals surface area (Å²) in [6.07, 6.45) is 15.6. The van der Waals surface area contributed by atoms with Crippen molar-refractivity contribution in [3.8, 4) is 0 Å². The van der Waals surface area contributed by atoms with Gasteiger partial charge in [-0.3, -0.25) is 0 Å². The van der Waals surface area contributed by atoms with E-state index in [1.165, 1.54) is 64.2 Å². The lowest BCUT2D eigenvalue weighted by Gasteiger charge is -2.38. The van der Waals surface area contributed by atoms with Gasteiger partial charge in [-0.1, -0.05) is 38.5 Å². The summed E-state index contributed by atoms with van der Waals surface area (Å²) in [5.41, 5.74) is 1.27. The molecule has 4 saturated carbocycles. The van der Waals surface area contributed by atoms with Crippen LogP contribution in [0.3, 0.4) is 0 Å². The zero-order valence-electron chi connectivity index (χ0n) is 22.0. The molecule has 5 atom stereocenters. The van der Waals surface area contributed by atoms with Crippen LogP contribution in [0.2, 0.25) is 5.28 Å². The molecule has 5 aliphatic rings. The van der Waals surface area contributed by atoms with Gasteiger partial charge in [0.1, 0.15) is 6.10 Å². The number of halogens is 1. The summed E-state index contributed by atoms with van der Waals surface area (Å²) in [4.78, 5) is 14.2. The van der Waals surface area contributed by atoms with E-state index in [9.17, 15) is 5.11 Å². The van der Waals surface area contributed by atoms with E-state index in [-0.39, 0.29) is 41.5 Å². The van der Waals surface area contributed by atoms with Gasteiger partial charge in [0.2, 0.25) is 5.28 Å². The molecule has 0 spiro atoms. The Hall–Kier alpha value is -1.48. The highest BCUT2D eigenvalue weighted by Gasteiger charge is 2.75. The second-order valence-electron chi connectivity index (χ2n) is 12.8. The number of rotatable bonds is 6. The van der Waals surface area contributed by atoms with Crippen molar-refractivity contribution in [2.24, 2.45) is 23.2 Å². The fraction of sp³-hybridized carbons (Fsp3) is 0.821. The summed E-state index contributed by atoms with van der Waals surface area (Å²) in [6, 6.07) is 0.392. The highest BCUT2D eigenvalue weighted by molar-refractivity contribution is 6.28. The lowest BCUT2D eigenvalue weighted by molar-refractivity contribution is -0.163. The minimum Gasteiger partial charge on any atom is -0.396 e. The summed E-state index contributed by atoms with van der Waals surface area (Å²) in [7, 11) is 0. The Bertz CT molecular complexity index is 1140. The van der Waals surface area contributed by atoms with Crippen molar-refractivity contribution in [1.82, 2.24) is 19.5 Å². The molecule has 3 heterocycles. The van der Waals surface area contributed by atoms with E-state index in [1.54, 1.807) is 0 Å². The quantitative estimate of drug-likeness (QED) is 0.477. The highest BCUT2D eigenvalue weighted by atomic mass is 35.5. The zero-order chi connectivity index (χ0) is 25.4. The van der Waals surface area contributed by atoms with Crippen molar-refractivity contribution in [3.05, 3.63) is 11.6 Å². The smallest absolute Gasteiger partial charge is 0.226 e. The molecule has 2 aromatic heterocycles. The Kier molecular flexibility index (Phi) is 6.00. The Morgan fingerprint density at radius 1 is 1.05 bits per heavy atom. The maximum atomic E-state index is 10.3. The van der Waals surface area contributed by atoms with Crippen molar-refractivity contribution < 1.29 is 14.6 Å². The molecule has 0 unspecified atom stereocenters. The van der Waals surface area contributed by atoms with Gasteiger partial charge in [0.15, 0.2) is 22.8 Å². The fourth-order valence-corrected chi connectivity index (χ4v) is 8.61. The first kappa shape index (κ1) is 24.6. The van der Waals surface area contributed by atoms with Crippen molar-refractivity contribution in [3.63, 3.8) is 0 Å². The van der Waals surface area contributed by atoms with Gasteiger partial charge in [0.05, 0.1) is 25.1 Å². The molecule has 37 heavy (non-hydrogen) atoms. The summed E-state index contributed by atoms with van der Waals surface area (Å²) in [5.74, 6) is 1.69. The topological polar surface area (TPSA) is 94.3 Å². The normalized spacial score (nSPS) is 35.7. The van der Waals surface area contributed by atoms with Crippen LogP contribution in [0.4, 0.5) is 5.82 Å². The van der Waals surface area contributed by atoms with Gasteiger partial charge in [-0.2, -0.15) is 9.97 Å². The number of nitrogens with zero attached hydrogens (tertiary/aromatic N) is 4.